The molecule has 0 bridgehead atoms. The molecule has 0 atom stereocenters. The number of carbonyl (C=O) groups excluding carboxylic acids is 1. The fraction of sp³-hybridized carbons (Fsp3) is 0.154. The number of para-hydroxylation sites is 2. The molecule has 1 amide bonds. The van der Waals surface area contributed by atoms with E-state index >= 15 is 0 Å². The van der Waals surface area contributed by atoms with Gasteiger partial charge in [-0.15, -0.1) is 0 Å². The van der Waals surface area contributed by atoms with Gasteiger partial charge in [0.15, 0.2) is 5.75 Å². The lowest BCUT2D eigenvalue weighted by molar-refractivity contribution is 0.0987. The topological polar surface area (TPSA) is 76.6 Å². The molecule has 0 saturated carbocycles. The van der Waals surface area contributed by atoms with E-state index in [0.29, 0.717) is 28.7 Å². The summed E-state index contributed by atoms with van der Waals surface area (Å²) in [6.45, 7) is 2.44. The van der Waals surface area contributed by atoms with E-state index in [4.69, 9.17) is 9.17 Å². The predicted molar refractivity (Wildman–Crippen MR) is 131 cm³/mol. The molecular weight excluding hydrogens is 436 g/mol. The monoisotopic (exact) mass is 460 g/mol. The number of carbonyl (C=O) groups is 1. The van der Waals surface area contributed by atoms with Crippen molar-refractivity contribution in [3.8, 4) is 17.0 Å². The van der Waals surface area contributed by atoms with Crippen molar-refractivity contribution < 1.29 is 17.4 Å². The number of pyridine rings is 1. The second-order valence-electron chi connectivity index (χ2n) is 7.63. The van der Waals surface area contributed by atoms with Crippen LogP contribution in [0.1, 0.15) is 23.7 Å². The molecule has 3 aromatic carbocycles. The molecule has 0 unspecified atom stereocenters. The van der Waals surface area contributed by atoms with E-state index in [0.717, 1.165) is 18.4 Å². The third-order valence-electron chi connectivity index (χ3n) is 5.10. The first-order valence-electron chi connectivity index (χ1n) is 10.6. The first-order valence-corrected chi connectivity index (χ1v) is 12.4. The third kappa shape index (κ3) is 4.88. The average molecular weight is 461 g/mol. The fourth-order valence-corrected chi connectivity index (χ4v) is 4.21. The van der Waals surface area contributed by atoms with Crippen LogP contribution in [0.25, 0.3) is 22.2 Å². The normalized spacial score (nSPS) is 11.3. The van der Waals surface area contributed by atoms with Crippen molar-refractivity contribution in [1.29, 1.82) is 0 Å². The Balaban J connectivity index is 2.05. The zero-order chi connectivity index (χ0) is 23.4. The SMILES string of the molecule is CCCN(C(=O)c1c(OS(C)(=O)=O)c(-c2ccccc2)nc2ccccc12)c1ccccc1. The Morgan fingerprint density at radius 1 is 0.909 bits per heavy atom. The summed E-state index contributed by atoms with van der Waals surface area (Å²) >= 11 is 0. The molecule has 0 aliphatic heterocycles. The van der Waals surface area contributed by atoms with Crippen LogP contribution in [0.15, 0.2) is 84.9 Å². The van der Waals surface area contributed by atoms with Crippen molar-refractivity contribution in [3.63, 3.8) is 0 Å². The second-order valence-corrected chi connectivity index (χ2v) is 9.20. The number of hydrogen-bond acceptors (Lipinski definition) is 5. The predicted octanol–water partition coefficient (Wildman–Crippen LogP) is 5.30. The van der Waals surface area contributed by atoms with Gasteiger partial charge in [-0.1, -0.05) is 73.7 Å². The summed E-state index contributed by atoms with van der Waals surface area (Å²) in [5.74, 6) is -0.415. The summed E-state index contributed by atoms with van der Waals surface area (Å²) < 4.78 is 30.0. The summed E-state index contributed by atoms with van der Waals surface area (Å²) in [4.78, 5) is 20.4. The summed E-state index contributed by atoms with van der Waals surface area (Å²) in [6.07, 6.45) is 1.68. The minimum atomic E-state index is -3.95. The molecule has 168 valence electrons. The van der Waals surface area contributed by atoms with Crippen LogP contribution in [0, 0.1) is 0 Å². The van der Waals surface area contributed by atoms with Crippen molar-refractivity contribution in [2.45, 2.75) is 13.3 Å². The number of aromatic nitrogens is 1. The number of anilines is 1. The molecule has 1 aromatic heterocycles. The van der Waals surface area contributed by atoms with Gasteiger partial charge in [0.25, 0.3) is 5.91 Å². The molecule has 6 nitrogen and oxygen atoms in total. The van der Waals surface area contributed by atoms with E-state index in [2.05, 4.69) is 0 Å². The Bertz CT molecular complexity index is 1390. The molecule has 0 aliphatic carbocycles. The molecule has 33 heavy (non-hydrogen) atoms. The minimum absolute atomic E-state index is 0.0653. The van der Waals surface area contributed by atoms with E-state index in [1.807, 2.05) is 73.7 Å². The van der Waals surface area contributed by atoms with Gasteiger partial charge in [-0.3, -0.25) is 4.79 Å². The van der Waals surface area contributed by atoms with Crippen LogP contribution in [0.4, 0.5) is 5.69 Å². The molecule has 0 spiro atoms. The van der Waals surface area contributed by atoms with Gasteiger partial charge in [0.05, 0.1) is 17.3 Å². The molecule has 4 aromatic rings. The van der Waals surface area contributed by atoms with Crippen LogP contribution in [0.5, 0.6) is 5.75 Å². The van der Waals surface area contributed by atoms with Gasteiger partial charge in [0.2, 0.25) is 0 Å². The van der Waals surface area contributed by atoms with Gasteiger partial charge in [-0.05, 0) is 24.6 Å². The molecule has 1 heterocycles. The summed E-state index contributed by atoms with van der Waals surface area (Å²) in [7, 11) is -3.95. The lowest BCUT2D eigenvalue weighted by Crippen LogP contribution is -2.32. The number of rotatable bonds is 7. The van der Waals surface area contributed by atoms with Crippen LogP contribution in [0.3, 0.4) is 0 Å². The van der Waals surface area contributed by atoms with Crippen molar-refractivity contribution in [1.82, 2.24) is 4.98 Å². The third-order valence-corrected chi connectivity index (χ3v) is 5.57. The second kappa shape index (κ2) is 9.42. The zero-order valence-electron chi connectivity index (χ0n) is 18.4. The Morgan fingerprint density at radius 2 is 1.52 bits per heavy atom. The van der Waals surface area contributed by atoms with Crippen LogP contribution >= 0.6 is 0 Å². The highest BCUT2D eigenvalue weighted by molar-refractivity contribution is 7.86. The maximum Gasteiger partial charge on any atom is 0.306 e. The van der Waals surface area contributed by atoms with E-state index in [1.54, 1.807) is 23.1 Å². The lowest BCUT2D eigenvalue weighted by atomic mass is 10.0. The minimum Gasteiger partial charge on any atom is -0.379 e. The van der Waals surface area contributed by atoms with Crippen molar-refractivity contribution in [2.24, 2.45) is 0 Å². The number of nitrogens with zero attached hydrogens (tertiary/aromatic N) is 2. The summed E-state index contributed by atoms with van der Waals surface area (Å²) in [6, 6.07) is 25.6. The maximum absolute atomic E-state index is 14.1. The molecular formula is C26H24N2O4S. The zero-order valence-corrected chi connectivity index (χ0v) is 19.2. The average Bonchev–Trinajstić information content (AvgIpc) is 2.82. The Labute approximate surface area is 193 Å². The van der Waals surface area contributed by atoms with E-state index in [1.165, 1.54) is 0 Å². The van der Waals surface area contributed by atoms with Crippen molar-refractivity contribution >= 4 is 32.6 Å². The van der Waals surface area contributed by atoms with E-state index < -0.39 is 10.1 Å². The summed E-state index contributed by atoms with van der Waals surface area (Å²) in [5, 5.41) is 0.526. The largest absolute Gasteiger partial charge is 0.379 e. The molecule has 0 aliphatic rings. The number of fused-ring (bicyclic) bond motifs is 1. The first-order chi connectivity index (χ1) is 15.9. The summed E-state index contributed by atoms with van der Waals surface area (Å²) in [5.41, 5.74) is 2.41. The van der Waals surface area contributed by atoms with Gasteiger partial charge in [0, 0.05) is 23.2 Å². The van der Waals surface area contributed by atoms with E-state index in [9.17, 15) is 13.2 Å². The van der Waals surface area contributed by atoms with Crippen LogP contribution in [-0.4, -0.2) is 32.1 Å². The standard InChI is InChI=1S/C26H24N2O4S/c1-3-18-28(20-14-8-5-9-15-20)26(29)23-21-16-10-11-17-22(21)27-24(19-12-6-4-7-13-19)25(23)32-33(2,30)31/h4-17H,3,18H2,1-2H3. The van der Waals surface area contributed by atoms with Gasteiger partial charge >= 0.3 is 10.1 Å². The molecule has 0 fully saturated rings. The quantitative estimate of drug-likeness (QED) is 0.350. The highest BCUT2D eigenvalue weighted by Crippen LogP contribution is 2.38. The van der Waals surface area contributed by atoms with Gasteiger partial charge in [0.1, 0.15) is 5.69 Å². The highest BCUT2D eigenvalue weighted by Gasteiger charge is 2.29. The van der Waals surface area contributed by atoms with Gasteiger partial charge < -0.3 is 9.08 Å². The van der Waals surface area contributed by atoms with Crippen LogP contribution < -0.4 is 9.08 Å². The van der Waals surface area contributed by atoms with Crippen LogP contribution in [-0.2, 0) is 10.1 Å². The fourth-order valence-electron chi connectivity index (χ4n) is 3.75. The number of benzene rings is 3. The Hall–Kier alpha value is -3.71. The maximum atomic E-state index is 14.1. The van der Waals surface area contributed by atoms with E-state index in [-0.39, 0.29) is 17.2 Å². The Morgan fingerprint density at radius 3 is 2.15 bits per heavy atom. The molecule has 0 N–H and O–H groups in total. The molecule has 0 radical (unpaired) electrons. The smallest absolute Gasteiger partial charge is 0.306 e. The van der Waals surface area contributed by atoms with Crippen molar-refractivity contribution in [2.75, 3.05) is 17.7 Å². The molecule has 0 saturated heterocycles. The number of hydrogen-bond donors (Lipinski definition) is 0. The first kappa shape index (κ1) is 22.5. The van der Waals surface area contributed by atoms with Gasteiger partial charge in [-0.25, -0.2) is 4.98 Å². The lowest BCUT2D eigenvalue weighted by Gasteiger charge is -2.25. The van der Waals surface area contributed by atoms with Crippen molar-refractivity contribution in [3.05, 3.63) is 90.5 Å². The molecule has 7 heteroatoms. The Kier molecular flexibility index (Phi) is 6.42. The highest BCUT2D eigenvalue weighted by atomic mass is 32.2. The van der Waals surface area contributed by atoms with Crippen LogP contribution in [0.2, 0.25) is 0 Å². The molecule has 4 rings (SSSR count). The number of amides is 1. The van der Waals surface area contributed by atoms with Gasteiger partial charge in [-0.2, -0.15) is 8.42 Å².